The summed E-state index contributed by atoms with van der Waals surface area (Å²) in [6, 6.07) is 11.2. The van der Waals surface area contributed by atoms with E-state index in [-0.39, 0.29) is 0 Å². The monoisotopic (exact) mass is 401 g/mol. The normalized spacial score (nSPS) is 18.6. The molecular weight excluding hydrogens is 374 g/mol. The van der Waals surface area contributed by atoms with Crippen molar-refractivity contribution in [1.29, 1.82) is 0 Å². The Morgan fingerprint density at radius 1 is 0.786 bits per heavy atom. The molecule has 4 rings (SSSR count). The zero-order valence-electron chi connectivity index (χ0n) is 16.3. The summed E-state index contributed by atoms with van der Waals surface area (Å²) in [5.41, 5.74) is 1.14. The van der Waals surface area contributed by atoms with Gasteiger partial charge in [0.2, 0.25) is 10.0 Å². The smallest absolute Gasteiger partial charge is 0.243 e. The molecule has 0 unspecified atom stereocenters. The number of benzene rings is 1. The number of hydrogen-bond acceptors (Lipinski definition) is 6. The van der Waals surface area contributed by atoms with Crippen LogP contribution in [0.3, 0.4) is 0 Å². The second-order valence-corrected chi connectivity index (χ2v) is 9.27. The number of anilines is 2. The van der Waals surface area contributed by atoms with Crippen LogP contribution in [0.4, 0.5) is 11.6 Å². The van der Waals surface area contributed by atoms with Crippen LogP contribution < -0.4 is 9.80 Å². The Morgan fingerprint density at radius 3 is 1.82 bits per heavy atom. The SMILES string of the molecule is CCc1ccc(S(=O)(=O)N2CCN(c3ccc(N4CCCC4)nn3)CC2)cc1. The number of aromatic nitrogens is 2. The van der Waals surface area contributed by atoms with Crippen molar-refractivity contribution in [1.82, 2.24) is 14.5 Å². The quantitative estimate of drug-likeness (QED) is 0.765. The van der Waals surface area contributed by atoms with Gasteiger partial charge >= 0.3 is 0 Å². The fourth-order valence-electron chi connectivity index (χ4n) is 3.81. The van der Waals surface area contributed by atoms with Gasteiger partial charge in [-0.15, -0.1) is 10.2 Å². The lowest BCUT2D eigenvalue weighted by Crippen LogP contribution is -2.49. The number of hydrogen-bond donors (Lipinski definition) is 0. The van der Waals surface area contributed by atoms with Crippen LogP contribution >= 0.6 is 0 Å². The molecule has 2 fully saturated rings. The molecule has 1 aromatic carbocycles. The van der Waals surface area contributed by atoms with E-state index in [4.69, 9.17) is 0 Å². The Morgan fingerprint density at radius 2 is 1.32 bits per heavy atom. The fourth-order valence-corrected chi connectivity index (χ4v) is 5.23. The van der Waals surface area contributed by atoms with E-state index in [1.165, 1.54) is 12.8 Å². The predicted molar refractivity (Wildman–Crippen MR) is 110 cm³/mol. The largest absolute Gasteiger partial charge is 0.355 e. The Kier molecular flexibility index (Phi) is 5.50. The summed E-state index contributed by atoms with van der Waals surface area (Å²) < 4.78 is 27.4. The first-order valence-electron chi connectivity index (χ1n) is 10.0. The molecule has 2 saturated heterocycles. The van der Waals surface area contributed by atoms with Gasteiger partial charge in [0.05, 0.1) is 4.90 Å². The van der Waals surface area contributed by atoms with E-state index >= 15 is 0 Å². The highest BCUT2D eigenvalue weighted by molar-refractivity contribution is 7.89. The van der Waals surface area contributed by atoms with Crippen molar-refractivity contribution in [2.45, 2.75) is 31.1 Å². The molecule has 0 aliphatic carbocycles. The maximum Gasteiger partial charge on any atom is 0.243 e. The van der Waals surface area contributed by atoms with Gasteiger partial charge in [-0.25, -0.2) is 8.42 Å². The zero-order valence-corrected chi connectivity index (χ0v) is 17.1. The summed E-state index contributed by atoms with van der Waals surface area (Å²) in [7, 11) is -3.45. The Labute approximate surface area is 167 Å². The number of aryl methyl sites for hydroxylation is 1. The summed E-state index contributed by atoms with van der Waals surface area (Å²) in [5.74, 6) is 1.74. The lowest BCUT2D eigenvalue weighted by Gasteiger charge is -2.34. The van der Waals surface area contributed by atoms with Crippen molar-refractivity contribution in [3.05, 3.63) is 42.0 Å². The maximum atomic E-state index is 12.9. The van der Waals surface area contributed by atoms with E-state index in [1.807, 2.05) is 24.3 Å². The molecule has 8 heteroatoms. The highest BCUT2D eigenvalue weighted by atomic mass is 32.2. The number of nitrogens with zero attached hydrogens (tertiary/aromatic N) is 5. The van der Waals surface area contributed by atoms with Gasteiger partial charge in [0.15, 0.2) is 11.6 Å². The van der Waals surface area contributed by atoms with Gasteiger partial charge in [0.25, 0.3) is 0 Å². The molecular formula is C20H27N5O2S. The van der Waals surface area contributed by atoms with E-state index in [9.17, 15) is 8.42 Å². The third-order valence-corrected chi connectivity index (χ3v) is 7.51. The van der Waals surface area contributed by atoms with Crippen molar-refractivity contribution in [2.24, 2.45) is 0 Å². The van der Waals surface area contributed by atoms with Crippen molar-refractivity contribution < 1.29 is 8.42 Å². The summed E-state index contributed by atoms with van der Waals surface area (Å²) >= 11 is 0. The molecule has 150 valence electrons. The molecule has 0 radical (unpaired) electrons. The highest BCUT2D eigenvalue weighted by Crippen LogP contribution is 2.22. The molecule has 0 amide bonds. The van der Waals surface area contributed by atoms with Gasteiger partial charge in [-0.2, -0.15) is 4.31 Å². The van der Waals surface area contributed by atoms with E-state index in [1.54, 1.807) is 16.4 Å². The van der Waals surface area contributed by atoms with Crippen molar-refractivity contribution in [3.63, 3.8) is 0 Å². The fraction of sp³-hybridized carbons (Fsp3) is 0.500. The standard InChI is InChI=1S/C20H27N5O2S/c1-2-17-5-7-18(8-6-17)28(26,27)25-15-13-24(14-16-25)20-10-9-19(21-22-20)23-11-3-4-12-23/h5-10H,2-4,11-16H2,1H3. The summed E-state index contributed by atoms with van der Waals surface area (Å²) in [4.78, 5) is 4.73. The first-order chi connectivity index (χ1) is 13.6. The van der Waals surface area contributed by atoms with Crippen LogP contribution in [0.25, 0.3) is 0 Å². The molecule has 3 heterocycles. The average molecular weight is 402 g/mol. The Bertz CT molecular complexity index is 885. The van der Waals surface area contributed by atoms with Crippen LogP contribution in [0.1, 0.15) is 25.3 Å². The van der Waals surface area contributed by atoms with Gasteiger partial charge < -0.3 is 9.80 Å². The van der Waals surface area contributed by atoms with Crippen LogP contribution in [-0.2, 0) is 16.4 Å². The van der Waals surface area contributed by atoms with E-state index in [0.717, 1.165) is 36.7 Å². The van der Waals surface area contributed by atoms with Gasteiger partial charge in [0.1, 0.15) is 0 Å². The topological polar surface area (TPSA) is 69.6 Å². The molecule has 2 aliphatic rings. The second kappa shape index (κ2) is 8.05. The van der Waals surface area contributed by atoms with Gasteiger partial charge in [-0.3, -0.25) is 0 Å². The van der Waals surface area contributed by atoms with Crippen LogP contribution in [0.5, 0.6) is 0 Å². The van der Waals surface area contributed by atoms with Crippen molar-refractivity contribution in [2.75, 3.05) is 49.1 Å². The minimum absolute atomic E-state index is 0.368. The molecule has 2 aromatic rings. The molecule has 0 atom stereocenters. The molecule has 0 saturated carbocycles. The molecule has 28 heavy (non-hydrogen) atoms. The van der Waals surface area contributed by atoms with Gasteiger partial charge in [0, 0.05) is 39.3 Å². The Hall–Kier alpha value is -2.19. The number of sulfonamides is 1. The zero-order chi connectivity index (χ0) is 19.6. The van der Waals surface area contributed by atoms with E-state index in [2.05, 4.69) is 26.9 Å². The third-order valence-electron chi connectivity index (χ3n) is 5.60. The molecule has 1 aromatic heterocycles. The lowest BCUT2D eigenvalue weighted by atomic mass is 10.2. The van der Waals surface area contributed by atoms with Crippen LogP contribution in [0, 0.1) is 0 Å². The lowest BCUT2D eigenvalue weighted by molar-refractivity contribution is 0.383. The average Bonchev–Trinajstić information content (AvgIpc) is 3.29. The predicted octanol–water partition coefficient (Wildman–Crippen LogP) is 2.15. The first-order valence-corrected chi connectivity index (χ1v) is 11.4. The van der Waals surface area contributed by atoms with E-state index < -0.39 is 10.0 Å². The number of piperazine rings is 1. The van der Waals surface area contributed by atoms with Crippen LogP contribution in [-0.4, -0.2) is 62.2 Å². The molecule has 7 nitrogen and oxygen atoms in total. The minimum atomic E-state index is -3.45. The molecule has 0 N–H and O–H groups in total. The minimum Gasteiger partial charge on any atom is -0.355 e. The summed E-state index contributed by atoms with van der Waals surface area (Å²) in [6.07, 6.45) is 3.32. The molecule has 0 spiro atoms. The van der Waals surface area contributed by atoms with Crippen LogP contribution in [0.15, 0.2) is 41.3 Å². The van der Waals surface area contributed by atoms with Gasteiger partial charge in [-0.1, -0.05) is 19.1 Å². The van der Waals surface area contributed by atoms with E-state index in [0.29, 0.717) is 31.1 Å². The maximum absolute atomic E-state index is 12.9. The Balaban J connectivity index is 1.39. The van der Waals surface area contributed by atoms with Crippen molar-refractivity contribution >= 4 is 21.7 Å². The third kappa shape index (κ3) is 3.84. The highest BCUT2D eigenvalue weighted by Gasteiger charge is 2.29. The number of rotatable bonds is 5. The summed E-state index contributed by atoms with van der Waals surface area (Å²) in [6.45, 7) is 6.28. The first kappa shape index (κ1) is 19.1. The van der Waals surface area contributed by atoms with Crippen LogP contribution in [0.2, 0.25) is 0 Å². The van der Waals surface area contributed by atoms with Crippen molar-refractivity contribution in [3.8, 4) is 0 Å². The molecule has 0 bridgehead atoms. The van der Waals surface area contributed by atoms with Gasteiger partial charge in [-0.05, 0) is 49.1 Å². The molecule has 2 aliphatic heterocycles. The second-order valence-electron chi connectivity index (χ2n) is 7.33. The summed E-state index contributed by atoms with van der Waals surface area (Å²) in [5, 5.41) is 8.75.